The maximum atomic E-state index is 9.77. The monoisotopic (exact) mass is 200 g/mol. The van der Waals surface area contributed by atoms with Gasteiger partial charge in [-0.15, -0.1) is 0 Å². The molecule has 0 saturated carbocycles. The highest BCUT2D eigenvalue weighted by Crippen LogP contribution is 2.14. The summed E-state index contributed by atoms with van der Waals surface area (Å²) in [7, 11) is 0. The molecule has 0 aromatic carbocycles. The zero-order valence-electron chi connectivity index (χ0n) is 9.37. The summed E-state index contributed by atoms with van der Waals surface area (Å²) >= 11 is 0. The molecule has 0 aromatic heterocycles. The number of nitrogens with one attached hydrogen (secondary N) is 1. The number of hydrogen-bond acceptors (Lipinski definition) is 4. The number of aliphatic hydroxyl groups is 1. The molecular weight excluding hydrogens is 180 g/mol. The van der Waals surface area contributed by atoms with E-state index in [1.165, 1.54) is 0 Å². The Labute approximate surface area is 85.3 Å². The van der Waals surface area contributed by atoms with Crippen LogP contribution in [0.25, 0.3) is 0 Å². The van der Waals surface area contributed by atoms with E-state index in [4.69, 9.17) is 4.84 Å². The smallest absolute Gasteiger partial charge is 0.159 e. The lowest BCUT2D eigenvalue weighted by Crippen LogP contribution is -2.44. The number of hydrogen-bond donors (Lipinski definition) is 2. The first-order valence-corrected chi connectivity index (χ1v) is 5.01. The van der Waals surface area contributed by atoms with E-state index < -0.39 is 6.10 Å². The summed E-state index contributed by atoms with van der Waals surface area (Å²) in [5.74, 6) is 0. The van der Waals surface area contributed by atoms with E-state index in [2.05, 4.69) is 31.2 Å². The van der Waals surface area contributed by atoms with E-state index in [1.54, 1.807) is 0 Å². The zero-order valence-corrected chi connectivity index (χ0v) is 9.37. The highest BCUT2D eigenvalue weighted by molar-refractivity contribution is 5.82. The largest absolute Gasteiger partial charge is 0.389 e. The Hall–Kier alpha value is -0.610. The lowest BCUT2D eigenvalue weighted by atomic mass is 10.1. The normalized spacial score (nSPS) is 24.4. The fourth-order valence-electron chi connectivity index (χ4n) is 1.27. The minimum absolute atomic E-state index is 0.0233. The van der Waals surface area contributed by atoms with Gasteiger partial charge in [-0.25, -0.2) is 0 Å². The van der Waals surface area contributed by atoms with Crippen molar-refractivity contribution in [3.05, 3.63) is 0 Å². The van der Waals surface area contributed by atoms with Gasteiger partial charge in [0.25, 0.3) is 0 Å². The maximum absolute atomic E-state index is 9.77. The summed E-state index contributed by atoms with van der Waals surface area (Å²) in [6.45, 7) is 8.64. The molecule has 1 rings (SSSR count). The van der Waals surface area contributed by atoms with Crippen molar-refractivity contribution in [1.29, 1.82) is 0 Å². The maximum Gasteiger partial charge on any atom is 0.159 e. The molecule has 0 unspecified atom stereocenters. The van der Waals surface area contributed by atoms with Crippen LogP contribution in [0.2, 0.25) is 0 Å². The second-order valence-electron chi connectivity index (χ2n) is 4.87. The van der Waals surface area contributed by atoms with E-state index >= 15 is 0 Å². The van der Waals surface area contributed by atoms with Crippen LogP contribution in [-0.2, 0) is 4.84 Å². The molecule has 82 valence electrons. The van der Waals surface area contributed by atoms with E-state index in [0.717, 1.165) is 12.1 Å². The van der Waals surface area contributed by atoms with Gasteiger partial charge in [0, 0.05) is 18.5 Å². The van der Waals surface area contributed by atoms with Gasteiger partial charge in [-0.05, 0) is 27.7 Å². The molecule has 0 saturated heterocycles. The standard InChI is InChI=1S/C10H20N2O2/c1-7-5-9(14-12-7)8(13)6-11-10(2,3)4/h8-9,11,13H,5-6H2,1-4H3/t8-,9+/m0/s1. The first-order chi connectivity index (χ1) is 6.38. The highest BCUT2D eigenvalue weighted by atomic mass is 16.6. The van der Waals surface area contributed by atoms with Crippen molar-refractivity contribution in [3.8, 4) is 0 Å². The number of oxime groups is 1. The van der Waals surface area contributed by atoms with Gasteiger partial charge in [0.05, 0.1) is 5.71 Å². The molecule has 1 aliphatic heterocycles. The average Bonchev–Trinajstić information content (AvgIpc) is 2.46. The second kappa shape index (κ2) is 4.28. The summed E-state index contributed by atoms with van der Waals surface area (Å²) < 4.78 is 0. The van der Waals surface area contributed by atoms with Crippen molar-refractivity contribution in [2.24, 2.45) is 5.16 Å². The van der Waals surface area contributed by atoms with Crippen molar-refractivity contribution >= 4 is 5.71 Å². The van der Waals surface area contributed by atoms with E-state index in [9.17, 15) is 5.11 Å². The van der Waals surface area contributed by atoms with Crippen molar-refractivity contribution in [1.82, 2.24) is 5.32 Å². The summed E-state index contributed by atoms with van der Waals surface area (Å²) in [4.78, 5) is 5.09. The van der Waals surface area contributed by atoms with Crippen LogP contribution in [0.3, 0.4) is 0 Å². The SMILES string of the molecule is CC1=NO[C@@H]([C@@H](O)CNC(C)(C)C)C1. The van der Waals surface area contributed by atoms with Crippen LogP contribution >= 0.6 is 0 Å². The van der Waals surface area contributed by atoms with Gasteiger partial charge in [0.15, 0.2) is 6.10 Å². The van der Waals surface area contributed by atoms with Crippen LogP contribution in [0.15, 0.2) is 5.16 Å². The van der Waals surface area contributed by atoms with Crippen LogP contribution in [0, 0.1) is 0 Å². The first kappa shape index (κ1) is 11.5. The van der Waals surface area contributed by atoms with E-state index in [0.29, 0.717) is 6.54 Å². The molecular formula is C10H20N2O2. The van der Waals surface area contributed by atoms with Gasteiger partial charge in [0.1, 0.15) is 6.10 Å². The summed E-state index contributed by atoms with van der Waals surface area (Å²) in [5.41, 5.74) is 0.972. The van der Waals surface area contributed by atoms with Gasteiger partial charge in [-0.1, -0.05) is 5.16 Å². The van der Waals surface area contributed by atoms with Crippen LogP contribution < -0.4 is 5.32 Å². The predicted octanol–water partition coefficient (Wildman–Crippen LogP) is 0.900. The molecule has 0 fully saturated rings. The van der Waals surface area contributed by atoms with Gasteiger partial charge in [-0.3, -0.25) is 0 Å². The van der Waals surface area contributed by atoms with Gasteiger partial charge < -0.3 is 15.3 Å². The van der Waals surface area contributed by atoms with Gasteiger partial charge >= 0.3 is 0 Å². The first-order valence-electron chi connectivity index (χ1n) is 5.01. The van der Waals surface area contributed by atoms with Crippen molar-refractivity contribution in [2.75, 3.05) is 6.54 Å². The zero-order chi connectivity index (χ0) is 10.8. The minimum atomic E-state index is -0.490. The third-order valence-corrected chi connectivity index (χ3v) is 2.11. The Morgan fingerprint density at radius 3 is 2.71 bits per heavy atom. The Morgan fingerprint density at radius 1 is 1.64 bits per heavy atom. The fraction of sp³-hybridized carbons (Fsp3) is 0.900. The third kappa shape index (κ3) is 3.64. The summed E-state index contributed by atoms with van der Waals surface area (Å²) in [5, 5.41) is 16.8. The molecule has 2 N–H and O–H groups in total. The lowest BCUT2D eigenvalue weighted by Gasteiger charge is -2.24. The molecule has 0 bridgehead atoms. The molecule has 2 atom stereocenters. The van der Waals surface area contributed by atoms with Crippen LogP contribution in [0.4, 0.5) is 0 Å². The molecule has 0 spiro atoms. The van der Waals surface area contributed by atoms with E-state index in [-0.39, 0.29) is 11.6 Å². The second-order valence-corrected chi connectivity index (χ2v) is 4.87. The van der Waals surface area contributed by atoms with Crippen molar-refractivity contribution in [2.45, 2.75) is 51.9 Å². The molecule has 1 heterocycles. The molecule has 4 heteroatoms. The van der Waals surface area contributed by atoms with Gasteiger partial charge in [-0.2, -0.15) is 0 Å². The summed E-state index contributed by atoms with van der Waals surface area (Å²) in [6, 6.07) is 0. The highest BCUT2D eigenvalue weighted by Gasteiger charge is 2.27. The molecule has 0 radical (unpaired) electrons. The quantitative estimate of drug-likeness (QED) is 0.711. The molecule has 0 aliphatic carbocycles. The molecule has 4 nitrogen and oxygen atoms in total. The molecule has 14 heavy (non-hydrogen) atoms. The Balaban J connectivity index is 2.26. The van der Waals surface area contributed by atoms with Gasteiger partial charge in [0.2, 0.25) is 0 Å². The topological polar surface area (TPSA) is 53.9 Å². The third-order valence-electron chi connectivity index (χ3n) is 2.11. The summed E-state index contributed by atoms with van der Waals surface area (Å²) in [6.07, 6.45) is 0.0627. The lowest BCUT2D eigenvalue weighted by molar-refractivity contribution is -0.0181. The molecule has 0 aromatic rings. The molecule has 0 amide bonds. The number of β-amino-alcohol motifs (C(OH)–C–C–N with tert-alkyl or cyclic N) is 1. The fourth-order valence-corrected chi connectivity index (χ4v) is 1.27. The Bertz CT molecular complexity index is 221. The average molecular weight is 200 g/mol. The van der Waals surface area contributed by atoms with Crippen LogP contribution in [0.1, 0.15) is 34.1 Å². The molecule has 1 aliphatic rings. The Kier molecular flexibility index (Phi) is 3.50. The van der Waals surface area contributed by atoms with Crippen LogP contribution in [0.5, 0.6) is 0 Å². The minimum Gasteiger partial charge on any atom is -0.389 e. The number of aliphatic hydroxyl groups excluding tert-OH is 1. The van der Waals surface area contributed by atoms with E-state index in [1.807, 2.05) is 6.92 Å². The van der Waals surface area contributed by atoms with Crippen LogP contribution in [-0.4, -0.2) is 35.1 Å². The van der Waals surface area contributed by atoms with Crippen molar-refractivity contribution < 1.29 is 9.94 Å². The number of nitrogens with zero attached hydrogens (tertiary/aromatic N) is 1. The Morgan fingerprint density at radius 2 is 2.29 bits per heavy atom. The number of rotatable bonds is 3. The predicted molar refractivity (Wildman–Crippen MR) is 56.4 cm³/mol. The van der Waals surface area contributed by atoms with Crippen molar-refractivity contribution in [3.63, 3.8) is 0 Å².